The lowest BCUT2D eigenvalue weighted by Gasteiger charge is -2.31. The topological polar surface area (TPSA) is 93.9 Å². The average molecular weight is 513 g/mol. The molecule has 0 radical (unpaired) electrons. The number of benzene rings is 2. The van der Waals surface area contributed by atoms with Gasteiger partial charge < -0.3 is 20.1 Å². The molecule has 0 bridgehead atoms. The van der Waals surface area contributed by atoms with Gasteiger partial charge in [-0.15, -0.1) is 0 Å². The smallest absolute Gasteiger partial charge is 0.256 e. The number of likely N-dealkylation sites (N-methyl/N-ethyl adjacent to an activating group) is 1. The van der Waals surface area contributed by atoms with Crippen LogP contribution >= 0.6 is 0 Å². The molecule has 3 aromatic rings. The van der Waals surface area contributed by atoms with Gasteiger partial charge in [0.2, 0.25) is 5.91 Å². The van der Waals surface area contributed by atoms with Crippen LogP contribution in [-0.2, 0) is 22.7 Å². The minimum atomic E-state index is -0.456. The Hall–Kier alpha value is -3.50. The van der Waals surface area contributed by atoms with Crippen LogP contribution in [0, 0.1) is 13.8 Å². The summed E-state index contributed by atoms with van der Waals surface area (Å²) in [5.74, 6) is -0.359. The second kappa shape index (κ2) is 12.6. The number of nitrogens with zero attached hydrogens (tertiary/aromatic N) is 4. The van der Waals surface area contributed by atoms with Crippen molar-refractivity contribution in [2.75, 3.05) is 51.3 Å². The molecule has 200 valence electrons. The standard InChI is InChI=1S/C26H33FN6O3.CH4/c1-18-12-22-19(2)30-36-24(22)13-23(18)32(16-25(34)29-11-10-28-9-8-27)17-26(35)31(3)33-14-20-6-4-5-7-21(20)15-33;/h4-7,12-13,28H,8-11,14-17H2,1-3H3,(H,29,34);1H4. The summed E-state index contributed by atoms with van der Waals surface area (Å²) in [5.41, 5.74) is 5.44. The maximum atomic E-state index is 13.4. The van der Waals surface area contributed by atoms with Gasteiger partial charge in [0, 0.05) is 56.9 Å². The first-order valence-corrected chi connectivity index (χ1v) is 12.1. The van der Waals surface area contributed by atoms with E-state index in [1.807, 2.05) is 43.1 Å². The highest BCUT2D eigenvalue weighted by Gasteiger charge is 2.27. The number of nitrogens with one attached hydrogen (secondary N) is 2. The van der Waals surface area contributed by atoms with Crippen molar-refractivity contribution in [3.8, 4) is 0 Å². The number of fused-ring (bicyclic) bond motifs is 2. The number of hydrogen-bond acceptors (Lipinski definition) is 7. The second-order valence-corrected chi connectivity index (χ2v) is 9.06. The van der Waals surface area contributed by atoms with E-state index in [2.05, 4.69) is 27.9 Å². The number of carbonyl (C=O) groups excluding carboxylic acids is 2. The van der Waals surface area contributed by atoms with Gasteiger partial charge in [0.25, 0.3) is 5.91 Å². The Balaban J connectivity index is 0.00000380. The number of amides is 2. The number of aryl methyl sites for hydroxylation is 2. The summed E-state index contributed by atoms with van der Waals surface area (Å²) in [6, 6.07) is 12.0. The molecule has 4 rings (SSSR count). The van der Waals surface area contributed by atoms with Crippen LogP contribution in [-0.4, -0.2) is 73.4 Å². The SMILES string of the molecule is C.Cc1cc2c(C)noc2cc1N(CC(=O)NCCNCCF)CC(=O)N(C)N1Cc2ccccc2C1. The van der Waals surface area contributed by atoms with Crippen molar-refractivity contribution in [2.24, 2.45) is 0 Å². The van der Waals surface area contributed by atoms with Gasteiger partial charge in [-0.05, 0) is 36.6 Å². The van der Waals surface area contributed by atoms with Crippen LogP contribution in [0.4, 0.5) is 10.1 Å². The maximum Gasteiger partial charge on any atom is 0.256 e. The zero-order chi connectivity index (χ0) is 25.7. The first-order valence-electron chi connectivity index (χ1n) is 12.1. The van der Waals surface area contributed by atoms with Gasteiger partial charge in [-0.1, -0.05) is 36.8 Å². The minimum Gasteiger partial charge on any atom is -0.356 e. The molecular weight excluding hydrogens is 475 g/mol. The fraction of sp³-hybridized carbons (Fsp3) is 0.444. The number of hydrazine groups is 1. The van der Waals surface area contributed by atoms with Crippen LogP contribution in [0.2, 0.25) is 0 Å². The Labute approximate surface area is 217 Å². The summed E-state index contributed by atoms with van der Waals surface area (Å²) >= 11 is 0. The molecule has 2 heterocycles. The maximum absolute atomic E-state index is 13.4. The monoisotopic (exact) mass is 512 g/mol. The molecule has 1 aliphatic rings. The molecule has 1 aliphatic heterocycles. The van der Waals surface area contributed by atoms with E-state index in [-0.39, 0.29) is 38.9 Å². The molecule has 2 aromatic carbocycles. The summed E-state index contributed by atoms with van der Waals surface area (Å²) < 4.78 is 17.7. The number of rotatable bonds is 11. The third kappa shape index (κ3) is 6.64. The number of halogens is 1. The van der Waals surface area contributed by atoms with E-state index < -0.39 is 6.67 Å². The van der Waals surface area contributed by atoms with Crippen LogP contribution < -0.4 is 15.5 Å². The van der Waals surface area contributed by atoms with E-state index in [0.29, 0.717) is 31.8 Å². The largest absolute Gasteiger partial charge is 0.356 e. The molecule has 1 aromatic heterocycles. The molecule has 0 saturated carbocycles. The fourth-order valence-corrected chi connectivity index (χ4v) is 4.43. The number of alkyl halides is 1. The summed E-state index contributed by atoms with van der Waals surface area (Å²) in [5, 5.41) is 14.3. The van der Waals surface area contributed by atoms with E-state index in [4.69, 9.17) is 4.52 Å². The Morgan fingerprint density at radius 2 is 1.78 bits per heavy atom. The zero-order valence-corrected chi connectivity index (χ0v) is 21.0. The van der Waals surface area contributed by atoms with Crippen LogP contribution in [0.5, 0.6) is 0 Å². The Morgan fingerprint density at radius 1 is 1.08 bits per heavy atom. The highest BCUT2D eigenvalue weighted by atomic mass is 19.1. The molecule has 2 amide bonds. The third-order valence-electron chi connectivity index (χ3n) is 6.47. The van der Waals surface area contributed by atoms with Crippen LogP contribution in [0.1, 0.15) is 29.8 Å². The molecular formula is C27H37FN6O3. The van der Waals surface area contributed by atoms with E-state index in [9.17, 15) is 14.0 Å². The van der Waals surface area contributed by atoms with Gasteiger partial charge in [0.1, 0.15) is 6.67 Å². The minimum absolute atomic E-state index is 0. The van der Waals surface area contributed by atoms with E-state index >= 15 is 0 Å². The highest BCUT2D eigenvalue weighted by molar-refractivity contribution is 5.90. The normalized spacial score (nSPS) is 12.8. The van der Waals surface area contributed by atoms with Crippen molar-refractivity contribution in [3.63, 3.8) is 0 Å². The third-order valence-corrected chi connectivity index (χ3v) is 6.47. The first kappa shape index (κ1) is 28.1. The zero-order valence-electron chi connectivity index (χ0n) is 21.0. The lowest BCUT2D eigenvalue weighted by Crippen LogP contribution is -2.48. The highest BCUT2D eigenvalue weighted by Crippen LogP contribution is 2.29. The van der Waals surface area contributed by atoms with Gasteiger partial charge in [0.15, 0.2) is 5.58 Å². The molecule has 0 unspecified atom stereocenters. The summed E-state index contributed by atoms with van der Waals surface area (Å²) in [4.78, 5) is 27.9. The number of aromatic nitrogens is 1. The summed E-state index contributed by atoms with van der Waals surface area (Å²) in [7, 11) is 1.76. The van der Waals surface area contributed by atoms with Crippen molar-refractivity contribution in [3.05, 3.63) is 58.8 Å². The Bertz CT molecular complexity index is 1210. The van der Waals surface area contributed by atoms with Crippen molar-refractivity contribution < 1.29 is 18.5 Å². The molecule has 0 saturated heterocycles. The number of carbonyl (C=O) groups is 2. The predicted molar refractivity (Wildman–Crippen MR) is 143 cm³/mol. The van der Waals surface area contributed by atoms with Crippen molar-refractivity contribution in [1.82, 2.24) is 25.8 Å². The van der Waals surface area contributed by atoms with Crippen molar-refractivity contribution >= 4 is 28.5 Å². The van der Waals surface area contributed by atoms with Crippen LogP contribution in [0.15, 0.2) is 40.9 Å². The van der Waals surface area contributed by atoms with E-state index in [0.717, 1.165) is 22.3 Å². The Morgan fingerprint density at radius 3 is 2.46 bits per heavy atom. The average Bonchev–Trinajstić information content (AvgIpc) is 3.46. The summed E-state index contributed by atoms with van der Waals surface area (Å²) in [6.07, 6.45) is 0. The lowest BCUT2D eigenvalue weighted by atomic mass is 10.1. The van der Waals surface area contributed by atoms with Crippen molar-refractivity contribution in [1.29, 1.82) is 0 Å². The molecule has 9 nitrogen and oxygen atoms in total. The van der Waals surface area contributed by atoms with Crippen molar-refractivity contribution in [2.45, 2.75) is 34.4 Å². The molecule has 10 heteroatoms. The molecule has 37 heavy (non-hydrogen) atoms. The van der Waals surface area contributed by atoms with Gasteiger partial charge in [-0.2, -0.15) is 0 Å². The number of anilines is 1. The Kier molecular flexibility index (Phi) is 9.60. The van der Waals surface area contributed by atoms with Crippen LogP contribution in [0.3, 0.4) is 0 Å². The number of hydrogen-bond donors (Lipinski definition) is 2. The lowest BCUT2D eigenvalue weighted by molar-refractivity contribution is -0.145. The van der Waals surface area contributed by atoms with E-state index in [1.54, 1.807) is 17.0 Å². The summed E-state index contributed by atoms with van der Waals surface area (Å²) in [6.45, 7) is 5.76. The molecule has 0 aliphatic carbocycles. The van der Waals surface area contributed by atoms with Crippen LogP contribution in [0.25, 0.3) is 11.0 Å². The van der Waals surface area contributed by atoms with E-state index in [1.165, 1.54) is 11.1 Å². The predicted octanol–water partition coefficient (Wildman–Crippen LogP) is 2.95. The molecule has 2 N–H and O–H groups in total. The molecule has 0 atom stereocenters. The molecule has 0 fully saturated rings. The van der Waals surface area contributed by atoms with Gasteiger partial charge in [-0.25, -0.2) is 9.40 Å². The molecule has 0 spiro atoms. The van der Waals surface area contributed by atoms with Gasteiger partial charge >= 0.3 is 0 Å². The fourth-order valence-electron chi connectivity index (χ4n) is 4.43. The van der Waals surface area contributed by atoms with Gasteiger partial charge in [0.05, 0.1) is 18.8 Å². The second-order valence-electron chi connectivity index (χ2n) is 9.06. The van der Waals surface area contributed by atoms with Gasteiger partial charge in [-0.3, -0.25) is 14.6 Å². The first-order chi connectivity index (χ1) is 17.4. The quantitative estimate of drug-likeness (QED) is 0.382.